The van der Waals surface area contributed by atoms with E-state index in [0.29, 0.717) is 30.1 Å². The van der Waals surface area contributed by atoms with Crippen LogP contribution in [0.5, 0.6) is 0 Å². The smallest absolute Gasteiger partial charge is 0.341 e. The van der Waals surface area contributed by atoms with Crippen LogP contribution in [0.15, 0.2) is 53.5 Å². The average molecular weight is 368 g/mol. The number of rotatable bonds is 6. The molecule has 2 heterocycles. The van der Waals surface area contributed by atoms with Crippen molar-refractivity contribution in [1.29, 1.82) is 0 Å². The summed E-state index contributed by atoms with van der Waals surface area (Å²) in [5, 5.41) is 9.77. The van der Waals surface area contributed by atoms with Gasteiger partial charge >= 0.3 is 12.0 Å². The van der Waals surface area contributed by atoms with E-state index in [1.165, 1.54) is 6.20 Å². The topological polar surface area (TPSA) is 98.4 Å². The Bertz CT molecular complexity index is 931. The fourth-order valence-electron chi connectivity index (χ4n) is 2.55. The fraction of sp³-hybridized carbons (Fsp3) is 0.211. The number of hydrogen-bond acceptors (Lipinski definition) is 5. The third kappa shape index (κ3) is 4.35. The van der Waals surface area contributed by atoms with Gasteiger partial charge in [-0.25, -0.2) is 14.3 Å². The molecular formula is C19H20N4O4. The molecule has 0 saturated carbocycles. The zero-order chi connectivity index (χ0) is 19.2. The molecular weight excluding hydrogens is 348 g/mol. The van der Waals surface area contributed by atoms with Gasteiger partial charge in [0.15, 0.2) is 0 Å². The summed E-state index contributed by atoms with van der Waals surface area (Å²) in [6, 6.07) is 8.62. The molecule has 2 N–H and O–H groups in total. The zero-order valence-electron chi connectivity index (χ0n) is 15.1. The summed E-state index contributed by atoms with van der Waals surface area (Å²) in [7, 11) is 0. The highest BCUT2D eigenvalue weighted by Crippen LogP contribution is 2.18. The highest BCUT2D eigenvalue weighted by molar-refractivity contribution is 5.91. The zero-order valence-corrected chi connectivity index (χ0v) is 15.1. The molecule has 0 saturated heterocycles. The second-order valence-electron chi connectivity index (χ2n) is 5.77. The first-order valence-corrected chi connectivity index (χ1v) is 8.46. The van der Waals surface area contributed by atoms with Gasteiger partial charge in [0.25, 0.3) is 0 Å². The molecule has 0 unspecified atom stereocenters. The number of nitrogens with one attached hydrogen (secondary N) is 2. The van der Waals surface area contributed by atoms with Gasteiger partial charge < -0.3 is 19.8 Å². The highest BCUT2D eigenvalue weighted by Gasteiger charge is 2.16. The van der Waals surface area contributed by atoms with E-state index in [2.05, 4.69) is 15.7 Å². The van der Waals surface area contributed by atoms with E-state index < -0.39 is 5.97 Å². The largest absolute Gasteiger partial charge is 0.472 e. The number of amides is 2. The molecule has 2 amide bonds. The average Bonchev–Trinajstić information content (AvgIpc) is 3.30. The Morgan fingerprint density at radius 2 is 2.15 bits per heavy atom. The van der Waals surface area contributed by atoms with Gasteiger partial charge in [0.05, 0.1) is 36.7 Å². The minimum atomic E-state index is -0.408. The number of nitrogens with zero attached hydrogens (tertiary/aromatic N) is 2. The molecule has 0 bridgehead atoms. The van der Waals surface area contributed by atoms with Crippen molar-refractivity contribution in [2.24, 2.45) is 0 Å². The Labute approximate surface area is 156 Å². The number of carbonyl (C=O) groups excluding carboxylic acids is 2. The molecule has 140 valence electrons. The van der Waals surface area contributed by atoms with Crippen molar-refractivity contribution < 1.29 is 18.7 Å². The molecule has 0 aliphatic heterocycles. The second kappa shape index (κ2) is 8.22. The van der Waals surface area contributed by atoms with Crippen LogP contribution in [-0.4, -0.2) is 28.4 Å². The van der Waals surface area contributed by atoms with Crippen LogP contribution in [0, 0.1) is 6.92 Å². The molecule has 0 fully saturated rings. The molecule has 3 aromatic rings. The van der Waals surface area contributed by atoms with Gasteiger partial charge in [-0.1, -0.05) is 6.07 Å². The molecule has 0 spiro atoms. The lowest BCUT2D eigenvalue weighted by molar-refractivity contribution is 0.0525. The van der Waals surface area contributed by atoms with Crippen LogP contribution < -0.4 is 10.6 Å². The second-order valence-corrected chi connectivity index (χ2v) is 5.77. The normalized spacial score (nSPS) is 10.4. The van der Waals surface area contributed by atoms with Crippen molar-refractivity contribution in [2.45, 2.75) is 20.4 Å². The molecule has 2 aromatic heterocycles. The van der Waals surface area contributed by atoms with E-state index in [-0.39, 0.29) is 6.03 Å². The first kappa shape index (κ1) is 18.2. The molecule has 27 heavy (non-hydrogen) atoms. The molecule has 0 atom stereocenters. The number of furan rings is 1. The predicted molar refractivity (Wildman–Crippen MR) is 98.8 cm³/mol. The van der Waals surface area contributed by atoms with Crippen molar-refractivity contribution in [3.8, 4) is 5.69 Å². The number of carbonyl (C=O) groups is 2. The standard InChI is InChI=1S/C19H20N4O4/c1-3-27-18(24)17-11-21-23(13(17)2)16-6-4-5-15(9-16)22-19(25)20-10-14-7-8-26-12-14/h4-9,11-12H,3,10H2,1-2H3,(H2,20,22,25). The van der Waals surface area contributed by atoms with Gasteiger partial charge in [-0.15, -0.1) is 0 Å². The SMILES string of the molecule is CCOC(=O)c1cnn(-c2cccc(NC(=O)NCc3ccoc3)c2)c1C. The lowest BCUT2D eigenvalue weighted by Crippen LogP contribution is -2.28. The molecule has 0 aliphatic carbocycles. The Hall–Kier alpha value is -3.55. The van der Waals surface area contributed by atoms with E-state index in [4.69, 9.17) is 9.15 Å². The summed E-state index contributed by atoms with van der Waals surface area (Å²) < 4.78 is 11.6. The van der Waals surface area contributed by atoms with Crippen molar-refractivity contribution in [2.75, 3.05) is 11.9 Å². The van der Waals surface area contributed by atoms with Crippen molar-refractivity contribution in [3.63, 3.8) is 0 Å². The maximum absolute atomic E-state index is 12.1. The van der Waals surface area contributed by atoms with Crippen LogP contribution in [-0.2, 0) is 11.3 Å². The van der Waals surface area contributed by atoms with Crippen molar-refractivity contribution in [1.82, 2.24) is 15.1 Å². The summed E-state index contributed by atoms with van der Waals surface area (Å²) in [6.07, 6.45) is 4.60. The monoisotopic (exact) mass is 368 g/mol. The number of urea groups is 1. The number of ether oxygens (including phenoxy) is 1. The first-order valence-electron chi connectivity index (χ1n) is 8.46. The Kier molecular flexibility index (Phi) is 5.55. The van der Waals surface area contributed by atoms with E-state index in [9.17, 15) is 9.59 Å². The highest BCUT2D eigenvalue weighted by atomic mass is 16.5. The van der Waals surface area contributed by atoms with Gasteiger partial charge in [-0.3, -0.25) is 0 Å². The third-order valence-electron chi connectivity index (χ3n) is 3.89. The number of benzene rings is 1. The number of aromatic nitrogens is 2. The van der Waals surface area contributed by atoms with E-state index >= 15 is 0 Å². The predicted octanol–water partition coefficient (Wildman–Crippen LogP) is 3.27. The van der Waals surface area contributed by atoms with Gasteiger partial charge in [0.2, 0.25) is 0 Å². The molecule has 3 rings (SSSR count). The summed E-state index contributed by atoms with van der Waals surface area (Å²) in [6.45, 7) is 4.21. The molecule has 1 aromatic carbocycles. The molecule has 0 radical (unpaired) electrons. The molecule has 8 heteroatoms. The fourth-order valence-corrected chi connectivity index (χ4v) is 2.55. The number of hydrogen-bond donors (Lipinski definition) is 2. The first-order chi connectivity index (χ1) is 13.1. The number of anilines is 1. The lowest BCUT2D eigenvalue weighted by atomic mass is 10.2. The van der Waals surface area contributed by atoms with E-state index in [1.54, 1.807) is 55.3 Å². The van der Waals surface area contributed by atoms with E-state index in [1.807, 2.05) is 6.07 Å². The van der Waals surface area contributed by atoms with Gasteiger partial charge in [0.1, 0.15) is 5.56 Å². The summed E-state index contributed by atoms with van der Waals surface area (Å²) in [5.41, 5.74) is 3.26. The maximum atomic E-state index is 12.1. The minimum Gasteiger partial charge on any atom is -0.472 e. The van der Waals surface area contributed by atoms with Crippen LogP contribution in [0.2, 0.25) is 0 Å². The van der Waals surface area contributed by atoms with E-state index in [0.717, 1.165) is 11.3 Å². The van der Waals surface area contributed by atoms with Crippen LogP contribution in [0.3, 0.4) is 0 Å². The minimum absolute atomic E-state index is 0.302. The number of esters is 1. The third-order valence-corrected chi connectivity index (χ3v) is 3.89. The van der Waals surface area contributed by atoms with Crippen LogP contribution in [0.1, 0.15) is 28.5 Å². The quantitative estimate of drug-likeness (QED) is 0.651. The summed E-state index contributed by atoms with van der Waals surface area (Å²) in [4.78, 5) is 24.0. The maximum Gasteiger partial charge on any atom is 0.341 e. The Balaban J connectivity index is 1.70. The van der Waals surface area contributed by atoms with Crippen LogP contribution >= 0.6 is 0 Å². The lowest BCUT2D eigenvalue weighted by Gasteiger charge is -2.10. The van der Waals surface area contributed by atoms with Gasteiger partial charge in [-0.2, -0.15) is 5.10 Å². The van der Waals surface area contributed by atoms with Crippen molar-refractivity contribution in [3.05, 3.63) is 65.9 Å². The van der Waals surface area contributed by atoms with Gasteiger partial charge in [-0.05, 0) is 38.1 Å². The molecule has 8 nitrogen and oxygen atoms in total. The summed E-state index contributed by atoms with van der Waals surface area (Å²) >= 11 is 0. The van der Waals surface area contributed by atoms with Crippen LogP contribution in [0.4, 0.5) is 10.5 Å². The molecule has 0 aliphatic rings. The van der Waals surface area contributed by atoms with Gasteiger partial charge in [0, 0.05) is 17.8 Å². The van der Waals surface area contributed by atoms with Crippen LogP contribution in [0.25, 0.3) is 5.69 Å². The van der Waals surface area contributed by atoms with Crippen molar-refractivity contribution >= 4 is 17.7 Å². The Morgan fingerprint density at radius 3 is 2.89 bits per heavy atom. The summed E-state index contributed by atoms with van der Waals surface area (Å²) in [5.74, 6) is -0.408. The Morgan fingerprint density at radius 1 is 1.30 bits per heavy atom.